The van der Waals surface area contributed by atoms with Gasteiger partial charge in [0.05, 0.1) is 6.54 Å². The summed E-state index contributed by atoms with van der Waals surface area (Å²) in [7, 11) is 0. The van der Waals surface area contributed by atoms with Gasteiger partial charge < -0.3 is 15.3 Å². The number of nitrogens with zero attached hydrogens (tertiary/aromatic N) is 1. The number of carboxylic acid groups (broad SMARTS) is 1. The molecule has 0 spiro atoms. The van der Waals surface area contributed by atoms with Crippen LogP contribution in [-0.2, 0) is 9.59 Å². The largest absolute Gasteiger partial charge is 0.480 e. The van der Waals surface area contributed by atoms with Crippen LogP contribution in [0.25, 0.3) is 0 Å². The number of hydrogen-bond donors (Lipinski definition) is 2. The minimum absolute atomic E-state index is 0.117. The Morgan fingerprint density at radius 1 is 1.53 bits per heavy atom. The summed E-state index contributed by atoms with van der Waals surface area (Å²) >= 11 is 0. The fourth-order valence-corrected chi connectivity index (χ4v) is 1.71. The van der Waals surface area contributed by atoms with Gasteiger partial charge >= 0.3 is 5.97 Å². The normalized spacial score (nSPS) is 21.0. The highest BCUT2D eigenvalue weighted by Crippen LogP contribution is 2.17. The van der Waals surface area contributed by atoms with Crippen LogP contribution < -0.4 is 5.32 Å². The highest BCUT2D eigenvalue weighted by atomic mass is 16.4. The van der Waals surface area contributed by atoms with Crippen molar-refractivity contribution in [3.05, 3.63) is 0 Å². The van der Waals surface area contributed by atoms with Gasteiger partial charge in [-0.2, -0.15) is 0 Å². The molecule has 1 saturated heterocycles. The summed E-state index contributed by atoms with van der Waals surface area (Å²) in [5.41, 5.74) is 0. The van der Waals surface area contributed by atoms with E-state index in [1.54, 1.807) is 0 Å². The molecule has 1 unspecified atom stereocenters. The summed E-state index contributed by atoms with van der Waals surface area (Å²) in [5.74, 6) is -1.01. The zero-order chi connectivity index (χ0) is 11.4. The van der Waals surface area contributed by atoms with Crippen LogP contribution in [0.15, 0.2) is 0 Å². The molecule has 86 valence electrons. The summed E-state index contributed by atoms with van der Waals surface area (Å²) in [6.45, 7) is 4.69. The van der Waals surface area contributed by atoms with Gasteiger partial charge in [0.25, 0.3) is 0 Å². The Hall–Kier alpha value is -1.10. The number of rotatable bonds is 4. The van der Waals surface area contributed by atoms with Gasteiger partial charge in [0.15, 0.2) is 0 Å². The lowest BCUT2D eigenvalue weighted by molar-refractivity contribution is -0.147. The Balaban J connectivity index is 2.47. The van der Waals surface area contributed by atoms with Crippen molar-refractivity contribution in [2.24, 2.45) is 0 Å². The summed E-state index contributed by atoms with van der Waals surface area (Å²) in [4.78, 5) is 24.0. The van der Waals surface area contributed by atoms with Gasteiger partial charge in [-0.15, -0.1) is 0 Å². The molecule has 1 aliphatic rings. The molecule has 1 heterocycles. The van der Waals surface area contributed by atoms with Crippen molar-refractivity contribution in [1.29, 1.82) is 0 Å². The zero-order valence-corrected chi connectivity index (χ0v) is 9.19. The van der Waals surface area contributed by atoms with Crippen LogP contribution in [0, 0.1) is 0 Å². The van der Waals surface area contributed by atoms with Crippen LogP contribution in [-0.4, -0.2) is 47.1 Å². The molecule has 0 aromatic heterocycles. The molecule has 1 fully saturated rings. The second-order valence-electron chi connectivity index (χ2n) is 4.12. The minimum atomic E-state index is -0.898. The molecule has 1 atom stereocenters. The SMILES string of the molecule is CC(C)NCC(=O)N1CCCC1C(=O)O. The molecule has 2 N–H and O–H groups in total. The van der Waals surface area contributed by atoms with Crippen molar-refractivity contribution in [1.82, 2.24) is 10.2 Å². The van der Waals surface area contributed by atoms with E-state index in [4.69, 9.17) is 5.11 Å². The first-order valence-corrected chi connectivity index (χ1v) is 5.28. The Labute approximate surface area is 89.4 Å². The Morgan fingerprint density at radius 3 is 2.73 bits per heavy atom. The summed E-state index contributed by atoms with van der Waals surface area (Å²) in [6, 6.07) is -0.383. The monoisotopic (exact) mass is 214 g/mol. The lowest BCUT2D eigenvalue weighted by Crippen LogP contribution is -2.45. The van der Waals surface area contributed by atoms with Crippen LogP contribution >= 0.6 is 0 Å². The molecule has 1 aliphatic heterocycles. The van der Waals surface area contributed by atoms with E-state index in [2.05, 4.69) is 5.32 Å². The zero-order valence-electron chi connectivity index (χ0n) is 9.19. The number of likely N-dealkylation sites (tertiary alicyclic amines) is 1. The smallest absolute Gasteiger partial charge is 0.326 e. The first-order valence-electron chi connectivity index (χ1n) is 5.28. The number of amides is 1. The lowest BCUT2D eigenvalue weighted by Gasteiger charge is -2.22. The van der Waals surface area contributed by atoms with E-state index < -0.39 is 12.0 Å². The third-order valence-electron chi connectivity index (χ3n) is 2.52. The average molecular weight is 214 g/mol. The first kappa shape index (κ1) is 12.0. The summed E-state index contributed by atoms with van der Waals surface area (Å²) in [6.07, 6.45) is 1.35. The number of hydrogen-bond acceptors (Lipinski definition) is 3. The average Bonchev–Trinajstić information content (AvgIpc) is 2.62. The van der Waals surface area contributed by atoms with Crippen LogP contribution in [0.4, 0.5) is 0 Å². The Bertz CT molecular complexity index is 253. The fourth-order valence-electron chi connectivity index (χ4n) is 1.71. The van der Waals surface area contributed by atoms with Gasteiger partial charge in [-0.1, -0.05) is 13.8 Å². The number of carbonyl (C=O) groups is 2. The maximum absolute atomic E-state index is 11.7. The minimum Gasteiger partial charge on any atom is -0.480 e. The fraction of sp³-hybridized carbons (Fsp3) is 0.800. The van der Waals surface area contributed by atoms with Crippen molar-refractivity contribution in [2.75, 3.05) is 13.1 Å². The highest BCUT2D eigenvalue weighted by Gasteiger charge is 2.33. The topological polar surface area (TPSA) is 69.6 Å². The van der Waals surface area contributed by atoms with Gasteiger partial charge in [0.1, 0.15) is 6.04 Å². The number of carbonyl (C=O) groups excluding carboxylic acids is 1. The number of aliphatic carboxylic acids is 1. The van der Waals surface area contributed by atoms with Crippen LogP contribution in [0.2, 0.25) is 0 Å². The molecule has 1 amide bonds. The molecule has 15 heavy (non-hydrogen) atoms. The second kappa shape index (κ2) is 5.11. The van der Waals surface area contributed by atoms with Gasteiger partial charge in [0, 0.05) is 12.6 Å². The van der Waals surface area contributed by atoms with Crippen LogP contribution in [0.1, 0.15) is 26.7 Å². The molecule has 5 nitrogen and oxygen atoms in total. The summed E-state index contributed by atoms with van der Waals surface area (Å²) in [5, 5.41) is 11.9. The standard InChI is InChI=1S/C10H18N2O3/c1-7(2)11-6-9(13)12-5-3-4-8(12)10(14)15/h7-8,11H,3-6H2,1-2H3,(H,14,15). The van der Waals surface area contributed by atoms with E-state index in [0.717, 1.165) is 6.42 Å². The molecule has 5 heteroatoms. The number of nitrogens with one attached hydrogen (secondary N) is 1. The molecular formula is C10H18N2O3. The number of carboxylic acids is 1. The summed E-state index contributed by atoms with van der Waals surface area (Å²) < 4.78 is 0. The molecule has 0 aliphatic carbocycles. The van der Waals surface area contributed by atoms with Crippen molar-refractivity contribution >= 4 is 11.9 Å². The molecule has 0 bridgehead atoms. The van der Waals surface area contributed by atoms with Gasteiger partial charge in [-0.05, 0) is 12.8 Å². The second-order valence-corrected chi connectivity index (χ2v) is 4.12. The Kier molecular flexibility index (Phi) is 4.08. The maximum atomic E-state index is 11.7. The van der Waals surface area contributed by atoms with Gasteiger partial charge in [-0.25, -0.2) is 4.79 Å². The van der Waals surface area contributed by atoms with E-state index in [0.29, 0.717) is 13.0 Å². The van der Waals surface area contributed by atoms with Crippen LogP contribution in [0.3, 0.4) is 0 Å². The molecule has 0 aromatic carbocycles. The highest BCUT2D eigenvalue weighted by molar-refractivity contribution is 5.85. The van der Waals surface area contributed by atoms with E-state index in [1.807, 2.05) is 13.8 Å². The third-order valence-corrected chi connectivity index (χ3v) is 2.52. The lowest BCUT2D eigenvalue weighted by atomic mass is 10.2. The van der Waals surface area contributed by atoms with Crippen molar-refractivity contribution in [3.63, 3.8) is 0 Å². The van der Waals surface area contributed by atoms with Crippen molar-refractivity contribution < 1.29 is 14.7 Å². The molecule has 0 radical (unpaired) electrons. The van der Waals surface area contributed by atoms with Gasteiger partial charge in [-0.3, -0.25) is 4.79 Å². The molecular weight excluding hydrogens is 196 g/mol. The molecule has 0 saturated carbocycles. The van der Waals surface area contributed by atoms with Crippen molar-refractivity contribution in [2.45, 2.75) is 38.8 Å². The Morgan fingerprint density at radius 2 is 2.20 bits per heavy atom. The molecule has 1 rings (SSSR count). The van der Waals surface area contributed by atoms with E-state index in [9.17, 15) is 9.59 Å². The third kappa shape index (κ3) is 3.20. The van der Waals surface area contributed by atoms with E-state index in [1.165, 1.54) is 4.90 Å². The van der Waals surface area contributed by atoms with Gasteiger partial charge in [0.2, 0.25) is 5.91 Å². The maximum Gasteiger partial charge on any atom is 0.326 e. The quantitative estimate of drug-likeness (QED) is 0.694. The molecule has 0 aromatic rings. The predicted octanol–water partition coefficient (Wildman–Crippen LogP) is 0.0600. The van der Waals surface area contributed by atoms with Crippen LogP contribution in [0.5, 0.6) is 0 Å². The first-order chi connectivity index (χ1) is 7.02. The van der Waals surface area contributed by atoms with Crippen molar-refractivity contribution in [3.8, 4) is 0 Å². The predicted molar refractivity (Wildman–Crippen MR) is 55.5 cm³/mol. The van der Waals surface area contributed by atoms with E-state index >= 15 is 0 Å². The van der Waals surface area contributed by atoms with E-state index in [-0.39, 0.29) is 18.5 Å².